The van der Waals surface area contributed by atoms with E-state index in [-0.39, 0.29) is 12.6 Å². The quantitative estimate of drug-likeness (QED) is 0.603. The molecule has 0 aromatic heterocycles. The van der Waals surface area contributed by atoms with Crippen LogP contribution >= 0.6 is 0 Å². The van der Waals surface area contributed by atoms with Crippen LogP contribution in [0.1, 0.15) is 13.3 Å². The van der Waals surface area contributed by atoms with Crippen LogP contribution in [0, 0.1) is 12.3 Å². The maximum absolute atomic E-state index is 11.7. The van der Waals surface area contributed by atoms with Gasteiger partial charge in [-0.3, -0.25) is 0 Å². The number of terminal acetylenes is 1. The molecule has 0 spiro atoms. The summed E-state index contributed by atoms with van der Waals surface area (Å²) in [5.41, 5.74) is 0. The molecule has 0 aliphatic rings. The topological polar surface area (TPSA) is 32.3 Å². The summed E-state index contributed by atoms with van der Waals surface area (Å²) in [5.74, 6) is 2.38. The second-order valence-electron chi connectivity index (χ2n) is 2.44. The Bertz CT molecular complexity index is 156. The van der Waals surface area contributed by atoms with Crippen molar-refractivity contribution in [3.8, 4) is 12.3 Å². The predicted molar refractivity (Wildman–Crippen MR) is 42.9 cm³/mol. The third-order valence-corrected chi connectivity index (χ3v) is 1.47. The predicted octanol–water partition coefficient (Wildman–Crippen LogP) is 0.614. The summed E-state index contributed by atoms with van der Waals surface area (Å²) in [6.45, 7) is 1.67. The van der Waals surface area contributed by atoms with Gasteiger partial charge in [0.05, 0.1) is 6.04 Å². The van der Waals surface area contributed by atoms with E-state index in [9.17, 15) is 8.78 Å². The monoisotopic (exact) mass is 177 g/mol. The summed E-state index contributed by atoms with van der Waals surface area (Å²) in [6.07, 6.45) is 1.38. The minimum Gasteiger partial charge on any atom is -0.386 e. The third kappa shape index (κ3) is 4.27. The first-order chi connectivity index (χ1) is 5.61. The zero-order valence-electron chi connectivity index (χ0n) is 6.93. The maximum Gasteiger partial charge on any atom is 0.265 e. The van der Waals surface area contributed by atoms with Gasteiger partial charge >= 0.3 is 0 Å². The molecule has 0 amide bonds. The van der Waals surface area contributed by atoms with Gasteiger partial charge < -0.3 is 10.4 Å². The van der Waals surface area contributed by atoms with Gasteiger partial charge in [-0.25, -0.2) is 8.78 Å². The van der Waals surface area contributed by atoms with Gasteiger partial charge in [-0.1, -0.05) is 12.8 Å². The number of aliphatic hydroxyl groups excluding tert-OH is 1. The zero-order chi connectivity index (χ0) is 9.56. The average Bonchev–Trinajstić information content (AvgIpc) is 2.05. The molecule has 12 heavy (non-hydrogen) atoms. The van der Waals surface area contributed by atoms with Gasteiger partial charge in [0, 0.05) is 6.54 Å². The Morgan fingerprint density at radius 3 is 2.50 bits per heavy atom. The lowest BCUT2D eigenvalue weighted by Gasteiger charge is -2.14. The summed E-state index contributed by atoms with van der Waals surface area (Å²) < 4.78 is 23.5. The lowest BCUT2D eigenvalue weighted by atomic mass is 10.2. The zero-order valence-corrected chi connectivity index (χ0v) is 6.93. The van der Waals surface area contributed by atoms with Crippen LogP contribution in [0.5, 0.6) is 0 Å². The Kier molecular flexibility index (Phi) is 5.60. The highest BCUT2D eigenvalue weighted by Gasteiger charge is 2.16. The number of rotatable bonds is 5. The van der Waals surface area contributed by atoms with Crippen molar-refractivity contribution in [2.45, 2.75) is 31.9 Å². The van der Waals surface area contributed by atoms with E-state index in [0.29, 0.717) is 6.42 Å². The van der Waals surface area contributed by atoms with E-state index in [1.807, 2.05) is 6.92 Å². The SMILES string of the molecule is C#CC(CC)NCC(O)C(F)F. The van der Waals surface area contributed by atoms with Crippen molar-refractivity contribution in [1.29, 1.82) is 0 Å². The molecule has 0 aromatic carbocycles. The fraction of sp³-hybridized carbons (Fsp3) is 0.750. The van der Waals surface area contributed by atoms with E-state index in [4.69, 9.17) is 11.5 Å². The van der Waals surface area contributed by atoms with Crippen molar-refractivity contribution in [1.82, 2.24) is 5.32 Å². The maximum atomic E-state index is 11.7. The summed E-state index contributed by atoms with van der Waals surface area (Å²) in [6, 6.07) is -0.238. The normalized spacial score (nSPS) is 15.7. The molecule has 2 atom stereocenters. The Hall–Kier alpha value is -0.660. The highest BCUT2D eigenvalue weighted by atomic mass is 19.3. The standard InChI is InChI=1S/C8H13F2NO/c1-3-6(4-2)11-5-7(12)8(9)10/h1,6-8,11-12H,4-5H2,2H3. The summed E-state index contributed by atoms with van der Waals surface area (Å²) in [5, 5.41) is 11.3. The van der Waals surface area contributed by atoms with Crippen molar-refractivity contribution >= 4 is 0 Å². The molecule has 0 bridgehead atoms. The molecule has 2 N–H and O–H groups in total. The molecule has 0 aliphatic heterocycles. The minimum atomic E-state index is -2.72. The number of hydrogen-bond acceptors (Lipinski definition) is 2. The fourth-order valence-electron chi connectivity index (χ4n) is 0.673. The largest absolute Gasteiger partial charge is 0.386 e. The van der Waals surface area contributed by atoms with E-state index in [2.05, 4.69) is 11.2 Å². The van der Waals surface area contributed by atoms with Gasteiger partial charge in [-0.15, -0.1) is 6.42 Å². The molecule has 4 heteroatoms. The van der Waals surface area contributed by atoms with Crippen molar-refractivity contribution in [3.63, 3.8) is 0 Å². The van der Waals surface area contributed by atoms with Gasteiger partial charge in [-0.2, -0.15) is 0 Å². The van der Waals surface area contributed by atoms with Crippen LogP contribution in [0.2, 0.25) is 0 Å². The summed E-state index contributed by atoms with van der Waals surface area (Å²) in [4.78, 5) is 0. The first-order valence-electron chi connectivity index (χ1n) is 3.77. The average molecular weight is 177 g/mol. The summed E-state index contributed by atoms with van der Waals surface area (Å²) >= 11 is 0. The van der Waals surface area contributed by atoms with E-state index < -0.39 is 12.5 Å². The van der Waals surface area contributed by atoms with Crippen LogP contribution in [0.4, 0.5) is 8.78 Å². The second-order valence-corrected chi connectivity index (χ2v) is 2.44. The van der Waals surface area contributed by atoms with Crippen LogP contribution in [0.25, 0.3) is 0 Å². The summed E-state index contributed by atoms with van der Waals surface area (Å²) in [7, 11) is 0. The molecule has 0 rings (SSSR count). The Morgan fingerprint density at radius 2 is 2.17 bits per heavy atom. The molecule has 2 unspecified atom stereocenters. The van der Waals surface area contributed by atoms with Gasteiger partial charge in [0.25, 0.3) is 6.43 Å². The molecule has 0 saturated heterocycles. The number of aliphatic hydroxyl groups is 1. The van der Waals surface area contributed by atoms with Crippen molar-refractivity contribution in [2.75, 3.05) is 6.54 Å². The van der Waals surface area contributed by atoms with Crippen LogP contribution in [0.3, 0.4) is 0 Å². The lowest BCUT2D eigenvalue weighted by Crippen LogP contribution is -2.37. The third-order valence-electron chi connectivity index (χ3n) is 1.47. The van der Waals surface area contributed by atoms with Crippen molar-refractivity contribution in [3.05, 3.63) is 0 Å². The van der Waals surface area contributed by atoms with Gasteiger partial charge in [0.2, 0.25) is 0 Å². The first-order valence-corrected chi connectivity index (χ1v) is 3.77. The number of alkyl halides is 2. The highest BCUT2D eigenvalue weighted by Crippen LogP contribution is 1.99. The molecule has 70 valence electrons. The number of halogens is 2. The minimum absolute atomic E-state index is 0.166. The van der Waals surface area contributed by atoms with Crippen LogP contribution < -0.4 is 5.32 Å². The highest BCUT2D eigenvalue weighted by molar-refractivity contribution is 4.98. The molecular formula is C8H13F2NO. The van der Waals surface area contributed by atoms with Crippen molar-refractivity contribution < 1.29 is 13.9 Å². The van der Waals surface area contributed by atoms with Crippen molar-refractivity contribution in [2.24, 2.45) is 0 Å². The van der Waals surface area contributed by atoms with E-state index in [1.54, 1.807) is 0 Å². The molecule has 0 radical (unpaired) electrons. The molecule has 0 aromatic rings. The van der Waals surface area contributed by atoms with E-state index >= 15 is 0 Å². The van der Waals surface area contributed by atoms with Crippen LogP contribution in [-0.2, 0) is 0 Å². The van der Waals surface area contributed by atoms with Gasteiger partial charge in [-0.05, 0) is 6.42 Å². The van der Waals surface area contributed by atoms with Crippen LogP contribution in [0.15, 0.2) is 0 Å². The Labute approximate surface area is 71.0 Å². The van der Waals surface area contributed by atoms with Gasteiger partial charge in [0.1, 0.15) is 6.10 Å². The molecule has 2 nitrogen and oxygen atoms in total. The molecule has 0 heterocycles. The molecular weight excluding hydrogens is 164 g/mol. The second kappa shape index (κ2) is 5.92. The van der Waals surface area contributed by atoms with E-state index in [0.717, 1.165) is 0 Å². The first kappa shape index (κ1) is 11.3. The lowest BCUT2D eigenvalue weighted by molar-refractivity contribution is -0.00390. The molecule has 0 aliphatic carbocycles. The Morgan fingerprint density at radius 1 is 1.58 bits per heavy atom. The number of hydrogen-bond donors (Lipinski definition) is 2. The van der Waals surface area contributed by atoms with E-state index in [1.165, 1.54) is 0 Å². The van der Waals surface area contributed by atoms with Crippen LogP contribution in [-0.4, -0.2) is 30.2 Å². The smallest absolute Gasteiger partial charge is 0.265 e. The molecule has 0 fully saturated rings. The fourth-order valence-corrected chi connectivity index (χ4v) is 0.673. The molecule has 0 saturated carbocycles. The van der Waals surface area contributed by atoms with Gasteiger partial charge in [0.15, 0.2) is 0 Å². The Balaban J connectivity index is 3.60. The number of nitrogens with one attached hydrogen (secondary N) is 1.